The van der Waals surface area contributed by atoms with E-state index in [4.69, 9.17) is 4.74 Å². The van der Waals surface area contributed by atoms with Crippen molar-refractivity contribution in [3.8, 4) is 5.75 Å². The molecule has 1 fully saturated rings. The van der Waals surface area contributed by atoms with Crippen LogP contribution in [0.1, 0.15) is 12.8 Å². The van der Waals surface area contributed by atoms with Crippen molar-refractivity contribution in [1.82, 2.24) is 4.90 Å². The Hall–Kier alpha value is -2.31. The molecule has 108 valence electrons. The molecular formula is C13H17N3O4. The highest BCUT2D eigenvalue weighted by molar-refractivity contribution is 5.82. The normalized spacial score (nSPS) is 14.2. The van der Waals surface area contributed by atoms with Crippen molar-refractivity contribution in [2.24, 2.45) is 0 Å². The topological polar surface area (TPSA) is 84.7 Å². The monoisotopic (exact) mass is 279 g/mol. The number of ether oxygens (including phenoxy) is 1. The first kappa shape index (κ1) is 14.1. The predicted molar refractivity (Wildman–Crippen MR) is 74.0 cm³/mol. The standard InChI is InChI=1S/C13H17N3O4/c1-20-11-6-4-5-10(13(11)16(18)19)14-9-12(17)15-7-2-3-8-15/h4-6,14H,2-3,7-9H2,1H3. The van der Waals surface area contributed by atoms with Gasteiger partial charge < -0.3 is 15.0 Å². The minimum absolute atomic E-state index is 0.0420. The van der Waals surface area contributed by atoms with E-state index in [9.17, 15) is 14.9 Å². The third-order valence-electron chi connectivity index (χ3n) is 3.29. The second-order valence-corrected chi connectivity index (χ2v) is 4.55. The van der Waals surface area contributed by atoms with Crippen LogP contribution in [0.3, 0.4) is 0 Å². The molecule has 1 aliphatic heterocycles. The number of benzene rings is 1. The molecule has 2 rings (SSSR count). The van der Waals surface area contributed by atoms with E-state index in [1.165, 1.54) is 13.2 Å². The average Bonchev–Trinajstić information content (AvgIpc) is 2.98. The first-order chi connectivity index (χ1) is 9.63. The second kappa shape index (κ2) is 6.23. The number of hydrogen-bond acceptors (Lipinski definition) is 5. The van der Waals surface area contributed by atoms with Gasteiger partial charge in [0.1, 0.15) is 5.69 Å². The van der Waals surface area contributed by atoms with Crippen molar-refractivity contribution in [2.75, 3.05) is 32.1 Å². The number of rotatable bonds is 5. The third-order valence-corrected chi connectivity index (χ3v) is 3.29. The number of carbonyl (C=O) groups excluding carboxylic acids is 1. The van der Waals surface area contributed by atoms with Crippen LogP contribution in [0.25, 0.3) is 0 Å². The van der Waals surface area contributed by atoms with Crippen LogP contribution in [0, 0.1) is 10.1 Å². The molecule has 0 spiro atoms. The quantitative estimate of drug-likeness (QED) is 0.654. The largest absolute Gasteiger partial charge is 0.490 e. The molecule has 1 saturated heterocycles. The first-order valence-corrected chi connectivity index (χ1v) is 6.46. The molecule has 1 heterocycles. The van der Waals surface area contributed by atoms with Gasteiger partial charge in [-0.15, -0.1) is 0 Å². The number of amides is 1. The number of carbonyl (C=O) groups is 1. The number of hydrogen-bond donors (Lipinski definition) is 1. The van der Waals surface area contributed by atoms with Gasteiger partial charge >= 0.3 is 5.69 Å². The minimum atomic E-state index is -0.512. The fourth-order valence-corrected chi connectivity index (χ4v) is 2.27. The Bertz CT molecular complexity index is 512. The summed E-state index contributed by atoms with van der Waals surface area (Å²) in [6.07, 6.45) is 2.04. The fraction of sp³-hybridized carbons (Fsp3) is 0.462. The van der Waals surface area contributed by atoms with E-state index < -0.39 is 4.92 Å². The Kier molecular flexibility index (Phi) is 4.39. The molecule has 1 aromatic carbocycles. The van der Waals surface area contributed by atoms with Crippen LogP contribution >= 0.6 is 0 Å². The van der Waals surface area contributed by atoms with Crippen LogP contribution in [0.2, 0.25) is 0 Å². The molecule has 7 heteroatoms. The van der Waals surface area contributed by atoms with E-state index >= 15 is 0 Å². The fourth-order valence-electron chi connectivity index (χ4n) is 2.27. The minimum Gasteiger partial charge on any atom is -0.490 e. The van der Waals surface area contributed by atoms with Crippen molar-refractivity contribution in [3.05, 3.63) is 28.3 Å². The summed E-state index contributed by atoms with van der Waals surface area (Å²) in [4.78, 5) is 24.3. The summed E-state index contributed by atoms with van der Waals surface area (Å²) >= 11 is 0. The third kappa shape index (κ3) is 2.98. The Morgan fingerprint density at radius 3 is 2.75 bits per heavy atom. The van der Waals surface area contributed by atoms with E-state index in [-0.39, 0.29) is 23.9 Å². The van der Waals surface area contributed by atoms with Crippen LogP contribution < -0.4 is 10.1 Å². The van der Waals surface area contributed by atoms with Gasteiger partial charge in [0, 0.05) is 13.1 Å². The van der Waals surface area contributed by atoms with Gasteiger partial charge in [0.15, 0.2) is 5.75 Å². The molecule has 0 aromatic heterocycles. The smallest absolute Gasteiger partial charge is 0.333 e. The van der Waals surface area contributed by atoms with Crippen LogP contribution in [-0.4, -0.2) is 42.5 Å². The van der Waals surface area contributed by atoms with Gasteiger partial charge in [-0.05, 0) is 25.0 Å². The van der Waals surface area contributed by atoms with Gasteiger partial charge in [0.05, 0.1) is 18.6 Å². The number of para-hydroxylation sites is 1. The molecule has 1 aromatic rings. The first-order valence-electron chi connectivity index (χ1n) is 6.46. The van der Waals surface area contributed by atoms with Gasteiger partial charge in [-0.3, -0.25) is 14.9 Å². The van der Waals surface area contributed by atoms with Crippen LogP contribution in [-0.2, 0) is 4.79 Å². The number of nitro benzene ring substituents is 1. The van der Waals surface area contributed by atoms with Gasteiger partial charge in [-0.2, -0.15) is 0 Å². The predicted octanol–water partition coefficient (Wildman–Crippen LogP) is 1.64. The maximum absolute atomic E-state index is 11.9. The molecule has 0 radical (unpaired) electrons. The number of nitrogens with zero attached hydrogens (tertiary/aromatic N) is 2. The van der Waals surface area contributed by atoms with E-state index in [0.717, 1.165) is 25.9 Å². The van der Waals surface area contributed by atoms with Gasteiger partial charge in [-0.1, -0.05) is 6.07 Å². The lowest BCUT2D eigenvalue weighted by Gasteiger charge is -2.16. The maximum Gasteiger partial charge on any atom is 0.333 e. The van der Waals surface area contributed by atoms with Gasteiger partial charge in [-0.25, -0.2) is 0 Å². The summed E-state index contributed by atoms with van der Waals surface area (Å²) in [5.41, 5.74) is 0.145. The SMILES string of the molecule is COc1cccc(NCC(=O)N2CCCC2)c1[N+](=O)[O-]. The number of nitrogens with one attached hydrogen (secondary N) is 1. The summed E-state index contributed by atoms with van der Waals surface area (Å²) in [6, 6.07) is 4.73. The zero-order valence-corrected chi connectivity index (χ0v) is 11.3. The van der Waals surface area contributed by atoms with Crippen molar-refractivity contribution in [1.29, 1.82) is 0 Å². The maximum atomic E-state index is 11.9. The van der Waals surface area contributed by atoms with Gasteiger partial charge in [0.25, 0.3) is 0 Å². The van der Waals surface area contributed by atoms with Crippen LogP contribution in [0.5, 0.6) is 5.75 Å². The molecule has 0 atom stereocenters. The molecule has 0 bridgehead atoms. The molecule has 0 aliphatic carbocycles. The summed E-state index contributed by atoms with van der Waals surface area (Å²) in [5.74, 6) is 0.133. The molecule has 20 heavy (non-hydrogen) atoms. The number of methoxy groups -OCH3 is 1. The highest BCUT2D eigenvalue weighted by atomic mass is 16.6. The number of nitro groups is 1. The second-order valence-electron chi connectivity index (χ2n) is 4.55. The molecule has 7 nitrogen and oxygen atoms in total. The van der Waals surface area contributed by atoms with E-state index in [1.54, 1.807) is 17.0 Å². The van der Waals surface area contributed by atoms with Crippen LogP contribution in [0.15, 0.2) is 18.2 Å². The highest BCUT2D eigenvalue weighted by Crippen LogP contribution is 2.34. The average molecular weight is 279 g/mol. The Morgan fingerprint density at radius 2 is 2.15 bits per heavy atom. The van der Waals surface area contributed by atoms with E-state index in [2.05, 4.69) is 5.32 Å². The number of anilines is 1. The van der Waals surface area contributed by atoms with Gasteiger partial charge in [0.2, 0.25) is 5.91 Å². The zero-order valence-electron chi connectivity index (χ0n) is 11.3. The van der Waals surface area contributed by atoms with E-state index in [1.807, 2.05) is 0 Å². The Labute approximate surface area is 116 Å². The molecule has 1 N–H and O–H groups in total. The van der Waals surface area contributed by atoms with Crippen LogP contribution in [0.4, 0.5) is 11.4 Å². The van der Waals surface area contributed by atoms with E-state index in [0.29, 0.717) is 5.69 Å². The Morgan fingerprint density at radius 1 is 1.45 bits per heavy atom. The lowest BCUT2D eigenvalue weighted by Crippen LogP contribution is -2.33. The molecular weight excluding hydrogens is 262 g/mol. The molecule has 0 saturated carbocycles. The van der Waals surface area contributed by atoms with Crippen molar-refractivity contribution < 1.29 is 14.5 Å². The van der Waals surface area contributed by atoms with Crippen molar-refractivity contribution >= 4 is 17.3 Å². The summed E-state index contributed by atoms with van der Waals surface area (Å²) in [5, 5.41) is 13.9. The summed E-state index contributed by atoms with van der Waals surface area (Å²) < 4.78 is 4.98. The Balaban J connectivity index is 2.09. The van der Waals surface area contributed by atoms with Crippen molar-refractivity contribution in [3.63, 3.8) is 0 Å². The zero-order chi connectivity index (χ0) is 14.5. The molecule has 1 amide bonds. The molecule has 0 unspecified atom stereocenters. The summed E-state index contributed by atoms with van der Waals surface area (Å²) in [6.45, 7) is 1.58. The lowest BCUT2D eigenvalue weighted by molar-refractivity contribution is -0.384. The molecule has 1 aliphatic rings. The van der Waals surface area contributed by atoms with Crippen molar-refractivity contribution in [2.45, 2.75) is 12.8 Å². The lowest BCUT2D eigenvalue weighted by atomic mass is 10.2. The highest BCUT2D eigenvalue weighted by Gasteiger charge is 2.22. The number of likely N-dealkylation sites (tertiary alicyclic amines) is 1. The summed E-state index contributed by atoms with van der Waals surface area (Å²) in [7, 11) is 1.38.